The zero-order valence-electron chi connectivity index (χ0n) is 13.1. The lowest BCUT2D eigenvalue weighted by atomic mass is 10.2. The molecule has 8 heteroatoms. The van der Waals surface area contributed by atoms with Crippen LogP contribution in [0.1, 0.15) is 12.8 Å². The van der Waals surface area contributed by atoms with E-state index in [-0.39, 0.29) is 24.8 Å². The Morgan fingerprint density at radius 2 is 1.96 bits per heavy atom. The molecule has 3 amide bonds. The molecule has 0 spiro atoms. The lowest BCUT2D eigenvalue weighted by molar-refractivity contribution is -0.133. The van der Waals surface area contributed by atoms with Gasteiger partial charge in [-0.25, -0.2) is 4.79 Å². The van der Waals surface area contributed by atoms with Crippen molar-refractivity contribution in [2.24, 2.45) is 0 Å². The third kappa shape index (κ3) is 7.01. The summed E-state index contributed by atoms with van der Waals surface area (Å²) in [6.45, 7) is 0.257. The smallest absolute Gasteiger partial charge is 0.406 e. The van der Waals surface area contributed by atoms with Gasteiger partial charge in [-0.15, -0.1) is 0 Å². The van der Waals surface area contributed by atoms with Crippen LogP contribution in [-0.2, 0) is 14.3 Å². The Morgan fingerprint density at radius 3 is 2.61 bits per heavy atom. The van der Waals surface area contributed by atoms with Gasteiger partial charge < -0.3 is 20.3 Å². The number of likely N-dealkylation sites (N-methyl/N-ethyl adjacent to an activating group) is 1. The predicted octanol–water partition coefficient (Wildman–Crippen LogP) is 1.87. The summed E-state index contributed by atoms with van der Waals surface area (Å²) in [5.74, 6) is -0.521. The van der Waals surface area contributed by atoms with Crippen LogP contribution in [0.15, 0.2) is 24.3 Å². The van der Waals surface area contributed by atoms with Crippen molar-refractivity contribution in [3.05, 3.63) is 29.3 Å². The molecule has 0 bridgehead atoms. The predicted molar refractivity (Wildman–Crippen MR) is 87.4 cm³/mol. The van der Waals surface area contributed by atoms with Crippen LogP contribution in [0.2, 0.25) is 5.02 Å². The molecule has 1 aromatic carbocycles. The summed E-state index contributed by atoms with van der Waals surface area (Å²) in [6.07, 6.45) is 0.148. The van der Waals surface area contributed by atoms with Crippen molar-refractivity contribution < 1.29 is 19.1 Å². The van der Waals surface area contributed by atoms with Crippen molar-refractivity contribution in [3.8, 4) is 0 Å². The van der Waals surface area contributed by atoms with Crippen LogP contribution in [0.5, 0.6) is 0 Å². The van der Waals surface area contributed by atoms with Crippen LogP contribution in [0.3, 0.4) is 0 Å². The number of rotatable bonds is 7. The summed E-state index contributed by atoms with van der Waals surface area (Å²) in [6, 6.07) is 6.86. The average molecular weight is 342 g/mol. The number of methoxy groups -OCH3 is 1. The highest BCUT2D eigenvalue weighted by Crippen LogP contribution is 2.20. The van der Waals surface area contributed by atoms with Crippen LogP contribution in [-0.4, -0.2) is 50.1 Å². The van der Waals surface area contributed by atoms with E-state index in [0.29, 0.717) is 23.7 Å². The molecule has 0 aliphatic heterocycles. The maximum atomic E-state index is 11.9. The summed E-state index contributed by atoms with van der Waals surface area (Å²) in [4.78, 5) is 36.0. The normalized spacial score (nSPS) is 9.87. The van der Waals surface area contributed by atoms with Gasteiger partial charge in [-0.2, -0.15) is 0 Å². The molecule has 0 atom stereocenters. The molecule has 126 valence electrons. The largest absolute Gasteiger partial charge is 0.453 e. The highest BCUT2D eigenvalue weighted by atomic mass is 35.5. The Morgan fingerprint density at radius 1 is 1.26 bits per heavy atom. The van der Waals surface area contributed by atoms with E-state index in [4.69, 9.17) is 11.6 Å². The van der Waals surface area contributed by atoms with Gasteiger partial charge in [0.25, 0.3) is 0 Å². The Kier molecular flexibility index (Phi) is 7.90. The van der Waals surface area contributed by atoms with Gasteiger partial charge in [0.2, 0.25) is 11.8 Å². The van der Waals surface area contributed by atoms with Gasteiger partial charge in [-0.3, -0.25) is 9.59 Å². The SMILES string of the molecule is COC(=O)NCCCC(=O)N(C)CC(=O)Nc1ccccc1Cl. The van der Waals surface area contributed by atoms with Crippen LogP contribution in [0.25, 0.3) is 0 Å². The van der Waals surface area contributed by atoms with Crippen molar-refractivity contribution in [2.45, 2.75) is 12.8 Å². The first kappa shape index (κ1) is 18.8. The van der Waals surface area contributed by atoms with Crippen LogP contribution in [0, 0.1) is 0 Å². The number of carbonyl (C=O) groups is 3. The van der Waals surface area contributed by atoms with Crippen LogP contribution >= 0.6 is 11.6 Å². The van der Waals surface area contributed by atoms with E-state index in [1.165, 1.54) is 12.0 Å². The lowest BCUT2D eigenvalue weighted by Crippen LogP contribution is -2.35. The van der Waals surface area contributed by atoms with E-state index >= 15 is 0 Å². The molecule has 1 aromatic rings. The molecule has 0 aromatic heterocycles. The number of alkyl carbamates (subject to hydrolysis) is 1. The van der Waals surface area contributed by atoms with Crippen molar-refractivity contribution in [2.75, 3.05) is 32.6 Å². The zero-order chi connectivity index (χ0) is 17.2. The van der Waals surface area contributed by atoms with Gasteiger partial charge in [-0.05, 0) is 18.6 Å². The van der Waals surface area contributed by atoms with E-state index in [1.807, 2.05) is 0 Å². The van der Waals surface area contributed by atoms with Gasteiger partial charge in [0.05, 0.1) is 24.4 Å². The van der Waals surface area contributed by atoms with Crippen molar-refractivity contribution in [1.29, 1.82) is 0 Å². The van der Waals surface area contributed by atoms with E-state index in [2.05, 4.69) is 15.4 Å². The van der Waals surface area contributed by atoms with Crippen molar-refractivity contribution in [1.82, 2.24) is 10.2 Å². The minimum atomic E-state index is -0.537. The average Bonchev–Trinajstić information content (AvgIpc) is 2.53. The summed E-state index contributed by atoms with van der Waals surface area (Å²) >= 11 is 5.95. The number of benzene rings is 1. The summed E-state index contributed by atoms with van der Waals surface area (Å²) in [5, 5.41) is 5.56. The maximum absolute atomic E-state index is 11.9. The number of hydrogen-bond acceptors (Lipinski definition) is 4. The fourth-order valence-corrected chi connectivity index (χ4v) is 1.93. The first-order valence-corrected chi connectivity index (χ1v) is 7.42. The number of hydrogen-bond donors (Lipinski definition) is 2. The number of anilines is 1. The quantitative estimate of drug-likeness (QED) is 0.741. The molecule has 0 aliphatic rings. The zero-order valence-corrected chi connectivity index (χ0v) is 13.9. The monoisotopic (exact) mass is 341 g/mol. The fourth-order valence-electron chi connectivity index (χ4n) is 1.75. The number of halogens is 1. The molecule has 0 aliphatic carbocycles. The van der Waals surface area contributed by atoms with Gasteiger partial charge in [0, 0.05) is 20.0 Å². The molecular formula is C15H20ClN3O4. The van der Waals surface area contributed by atoms with Crippen LogP contribution < -0.4 is 10.6 Å². The van der Waals surface area contributed by atoms with Crippen molar-refractivity contribution >= 4 is 35.2 Å². The standard InChI is InChI=1S/C15H20ClN3O4/c1-19(14(21)8-5-9-17-15(22)23-2)10-13(20)18-12-7-4-3-6-11(12)16/h3-4,6-7H,5,8-10H2,1-2H3,(H,17,22)(H,18,20). The summed E-state index contributed by atoms with van der Waals surface area (Å²) < 4.78 is 4.41. The highest BCUT2D eigenvalue weighted by molar-refractivity contribution is 6.33. The molecule has 23 heavy (non-hydrogen) atoms. The number of amides is 3. The topological polar surface area (TPSA) is 87.7 Å². The molecule has 0 radical (unpaired) electrons. The Bertz CT molecular complexity index is 565. The van der Waals surface area contributed by atoms with E-state index in [0.717, 1.165) is 0 Å². The second kappa shape index (κ2) is 9.68. The van der Waals surface area contributed by atoms with Gasteiger partial charge in [0.1, 0.15) is 0 Å². The fraction of sp³-hybridized carbons (Fsp3) is 0.400. The Labute approximate surface area is 139 Å². The second-order valence-corrected chi connectivity index (χ2v) is 5.21. The Balaban J connectivity index is 2.32. The number of para-hydroxylation sites is 1. The number of ether oxygens (including phenoxy) is 1. The van der Waals surface area contributed by atoms with E-state index < -0.39 is 6.09 Å². The molecule has 0 saturated carbocycles. The van der Waals surface area contributed by atoms with Gasteiger partial charge in [0.15, 0.2) is 0 Å². The minimum Gasteiger partial charge on any atom is -0.453 e. The molecular weight excluding hydrogens is 322 g/mol. The number of nitrogens with one attached hydrogen (secondary N) is 2. The Hall–Kier alpha value is -2.28. The number of carbonyl (C=O) groups excluding carboxylic acids is 3. The van der Waals surface area contributed by atoms with Crippen molar-refractivity contribution in [3.63, 3.8) is 0 Å². The van der Waals surface area contributed by atoms with E-state index in [9.17, 15) is 14.4 Å². The number of nitrogens with zero attached hydrogens (tertiary/aromatic N) is 1. The molecule has 0 unspecified atom stereocenters. The first-order chi connectivity index (χ1) is 10.9. The van der Waals surface area contributed by atoms with Crippen LogP contribution in [0.4, 0.5) is 10.5 Å². The second-order valence-electron chi connectivity index (χ2n) is 4.80. The maximum Gasteiger partial charge on any atom is 0.406 e. The van der Waals surface area contributed by atoms with Gasteiger partial charge >= 0.3 is 6.09 Å². The molecule has 0 heterocycles. The van der Waals surface area contributed by atoms with E-state index in [1.54, 1.807) is 31.3 Å². The third-order valence-corrected chi connectivity index (χ3v) is 3.31. The molecule has 0 saturated heterocycles. The highest BCUT2D eigenvalue weighted by Gasteiger charge is 2.13. The molecule has 1 rings (SSSR count). The minimum absolute atomic E-state index is 0.0749. The molecule has 0 fully saturated rings. The third-order valence-electron chi connectivity index (χ3n) is 2.98. The molecule has 7 nitrogen and oxygen atoms in total. The van der Waals surface area contributed by atoms with Gasteiger partial charge in [-0.1, -0.05) is 23.7 Å². The lowest BCUT2D eigenvalue weighted by Gasteiger charge is -2.17. The summed E-state index contributed by atoms with van der Waals surface area (Å²) in [5.41, 5.74) is 0.502. The first-order valence-electron chi connectivity index (χ1n) is 7.04. The summed E-state index contributed by atoms with van der Waals surface area (Å²) in [7, 11) is 2.81. The molecule has 2 N–H and O–H groups in total.